The van der Waals surface area contributed by atoms with Gasteiger partial charge < -0.3 is 10.3 Å². The van der Waals surface area contributed by atoms with Crippen molar-refractivity contribution in [3.8, 4) is 11.3 Å². The highest BCUT2D eigenvalue weighted by Gasteiger charge is 2.45. The van der Waals surface area contributed by atoms with Crippen LogP contribution in [0.3, 0.4) is 0 Å². The van der Waals surface area contributed by atoms with Gasteiger partial charge in [-0.2, -0.15) is 0 Å². The number of pyridine rings is 1. The Morgan fingerprint density at radius 3 is 2.94 bits per heavy atom. The van der Waals surface area contributed by atoms with Gasteiger partial charge in [0.1, 0.15) is 5.82 Å². The molecule has 94 valence electrons. The first-order valence-corrected chi connectivity index (χ1v) is 6.29. The molecule has 0 aromatic carbocycles. The van der Waals surface area contributed by atoms with Crippen molar-refractivity contribution < 1.29 is 0 Å². The molecule has 0 aliphatic heterocycles. The Labute approximate surface area is 107 Å². The average molecular weight is 242 g/mol. The lowest BCUT2D eigenvalue weighted by Crippen LogP contribution is -2.05. The second-order valence-electron chi connectivity index (χ2n) is 5.76. The fourth-order valence-corrected chi connectivity index (χ4v) is 2.45. The summed E-state index contributed by atoms with van der Waals surface area (Å²) in [6.07, 6.45) is 6.75. The molecule has 1 aliphatic carbocycles. The highest BCUT2D eigenvalue weighted by molar-refractivity contribution is 5.70. The smallest absolute Gasteiger partial charge is 0.132 e. The lowest BCUT2D eigenvalue weighted by molar-refractivity contribution is 0.500. The van der Waals surface area contributed by atoms with Gasteiger partial charge in [-0.15, -0.1) is 0 Å². The third kappa shape index (κ3) is 1.88. The molecule has 1 fully saturated rings. The van der Waals surface area contributed by atoms with Crippen LogP contribution in [0.25, 0.3) is 11.3 Å². The lowest BCUT2D eigenvalue weighted by atomic mass is 10.1. The highest BCUT2D eigenvalue weighted by atomic mass is 15.1. The maximum atomic E-state index is 5.93. The van der Waals surface area contributed by atoms with E-state index in [1.807, 2.05) is 24.7 Å². The first-order valence-electron chi connectivity index (χ1n) is 6.29. The molecular formula is C14H18N4. The SMILES string of the molecule is CC1(C)CC1Cn1cncc1-c1cccnc1N. The maximum absolute atomic E-state index is 5.93. The van der Waals surface area contributed by atoms with Crippen molar-refractivity contribution >= 4 is 5.82 Å². The number of aromatic nitrogens is 3. The van der Waals surface area contributed by atoms with E-state index < -0.39 is 0 Å². The van der Waals surface area contributed by atoms with Crippen LogP contribution in [-0.2, 0) is 6.54 Å². The van der Waals surface area contributed by atoms with E-state index in [2.05, 4.69) is 28.4 Å². The van der Waals surface area contributed by atoms with Crippen LogP contribution < -0.4 is 5.73 Å². The van der Waals surface area contributed by atoms with Crippen molar-refractivity contribution in [2.75, 3.05) is 5.73 Å². The molecule has 2 heterocycles. The molecule has 2 aromatic heterocycles. The number of imidazole rings is 1. The molecule has 0 radical (unpaired) electrons. The van der Waals surface area contributed by atoms with Gasteiger partial charge in [0.05, 0.1) is 18.2 Å². The van der Waals surface area contributed by atoms with Gasteiger partial charge in [0.25, 0.3) is 0 Å². The first kappa shape index (κ1) is 11.3. The number of nitrogens with zero attached hydrogens (tertiary/aromatic N) is 3. The number of hydrogen-bond acceptors (Lipinski definition) is 3. The first-order chi connectivity index (χ1) is 8.58. The summed E-state index contributed by atoms with van der Waals surface area (Å²) in [4.78, 5) is 8.38. The topological polar surface area (TPSA) is 56.7 Å². The maximum Gasteiger partial charge on any atom is 0.132 e. The summed E-state index contributed by atoms with van der Waals surface area (Å²) >= 11 is 0. The predicted octanol–water partition coefficient (Wildman–Crippen LogP) is 2.57. The van der Waals surface area contributed by atoms with E-state index in [-0.39, 0.29) is 0 Å². The predicted molar refractivity (Wildman–Crippen MR) is 71.8 cm³/mol. The summed E-state index contributed by atoms with van der Waals surface area (Å²) in [5, 5.41) is 0. The minimum Gasteiger partial charge on any atom is -0.383 e. The minimum absolute atomic E-state index is 0.474. The van der Waals surface area contributed by atoms with Crippen LogP contribution >= 0.6 is 0 Å². The van der Waals surface area contributed by atoms with Gasteiger partial charge in [-0.3, -0.25) is 0 Å². The molecule has 0 bridgehead atoms. The van der Waals surface area contributed by atoms with Crippen LogP contribution in [0.5, 0.6) is 0 Å². The Balaban J connectivity index is 1.90. The second kappa shape index (κ2) is 3.83. The minimum atomic E-state index is 0.474. The molecule has 1 atom stereocenters. The van der Waals surface area contributed by atoms with Crippen LogP contribution in [0.4, 0.5) is 5.82 Å². The van der Waals surface area contributed by atoms with E-state index in [1.165, 1.54) is 6.42 Å². The second-order valence-corrected chi connectivity index (χ2v) is 5.76. The van der Waals surface area contributed by atoms with Gasteiger partial charge in [0.2, 0.25) is 0 Å². The molecule has 3 rings (SSSR count). The average Bonchev–Trinajstić information content (AvgIpc) is 2.74. The molecule has 0 spiro atoms. The summed E-state index contributed by atoms with van der Waals surface area (Å²) in [7, 11) is 0. The highest BCUT2D eigenvalue weighted by Crippen LogP contribution is 2.52. The van der Waals surface area contributed by atoms with Crippen molar-refractivity contribution in [1.29, 1.82) is 0 Å². The lowest BCUT2D eigenvalue weighted by Gasteiger charge is -2.10. The summed E-state index contributed by atoms with van der Waals surface area (Å²) in [6.45, 7) is 5.63. The van der Waals surface area contributed by atoms with Crippen LogP contribution in [0.1, 0.15) is 20.3 Å². The van der Waals surface area contributed by atoms with E-state index in [9.17, 15) is 0 Å². The Morgan fingerprint density at radius 2 is 2.28 bits per heavy atom. The zero-order valence-electron chi connectivity index (χ0n) is 10.8. The van der Waals surface area contributed by atoms with Gasteiger partial charge in [0, 0.05) is 18.3 Å². The fraction of sp³-hybridized carbons (Fsp3) is 0.429. The van der Waals surface area contributed by atoms with Crippen molar-refractivity contribution in [2.24, 2.45) is 11.3 Å². The number of anilines is 1. The molecular weight excluding hydrogens is 224 g/mol. The zero-order valence-corrected chi connectivity index (χ0v) is 10.8. The summed E-state index contributed by atoms with van der Waals surface area (Å²) in [5.41, 5.74) is 8.43. The Morgan fingerprint density at radius 1 is 1.50 bits per heavy atom. The third-order valence-corrected chi connectivity index (χ3v) is 3.96. The van der Waals surface area contributed by atoms with E-state index >= 15 is 0 Å². The summed E-state index contributed by atoms with van der Waals surface area (Å²) < 4.78 is 2.19. The van der Waals surface area contributed by atoms with Crippen LogP contribution in [-0.4, -0.2) is 14.5 Å². The molecule has 0 saturated heterocycles. The molecule has 0 amide bonds. The molecule has 1 aliphatic rings. The Hall–Kier alpha value is -1.84. The number of hydrogen-bond donors (Lipinski definition) is 1. The van der Waals surface area contributed by atoms with Crippen molar-refractivity contribution in [3.63, 3.8) is 0 Å². The molecule has 4 heteroatoms. The summed E-state index contributed by atoms with van der Waals surface area (Å²) in [5.74, 6) is 1.30. The van der Waals surface area contributed by atoms with E-state index in [1.54, 1.807) is 6.20 Å². The molecule has 2 N–H and O–H groups in total. The fourth-order valence-electron chi connectivity index (χ4n) is 2.45. The Bertz CT molecular complexity index is 571. The molecule has 1 unspecified atom stereocenters. The van der Waals surface area contributed by atoms with Gasteiger partial charge >= 0.3 is 0 Å². The molecule has 1 saturated carbocycles. The van der Waals surface area contributed by atoms with Crippen molar-refractivity contribution in [1.82, 2.24) is 14.5 Å². The monoisotopic (exact) mass is 242 g/mol. The van der Waals surface area contributed by atoms with E-state index in [0.717, 1.165) is 23.7 Å². The normalized spacial score (nSPS) is 20.9. The molecule has 18 heavy (non-hydrogen) atoms. The van der Waals surface area contributed by atoms with E-state index in [4.69, 9.17) is 5.73 Å². The van der Waals surface area contributed by atoms with Gasteiger partial charge in [-0.25, -0.2) is 9.97 Å². The standard InChI is InChI=1S/C14H18N4/c1-14(2)6-10(14)8-18-9-16-7-12(18)11-4-3-5-17-13(11)15/h3-5,7,9-10H,6,8H2,1-2H3,(H2,15,17). The summed E-state index contributed by atoms with van der Waals surface area (Å²) in [6, 6.07) is 3.90. The van der Waals surface area contributed by atoms with Gasteiger partial charge in [-0.1, -0.05) is 13.8 Å². The largest absolute Gasteiger partial charge is 0.383 e. The quantitative estimate of drug-likeness (QED) is 0.900. The number of nitrogens with two attached hydrogens (primary N) is 1. The number of nitrogen functional groups attached to an aromatic ring is 1. The number of rotatable bonds is 3. The van der Waals surface area contributed by atoms with Crippen LogP contribution in [0.2, 0.25) is 0 Å². The van der Waals surface area contributed by atoms with Crippen LogP contribution in [0.15, 0.2) is 30.9 Å². The van der Waals surface area contributed by atoms with E-state index in [0.29, 0.717) is 11.2 Å². The third-order valence-electron chi connectivity index (χ3n) is 3.96. The Kier molecular flexibility index (Phi) is 2.40. The van der Waals surface area contributed by atoms with Gasteiger partial charge in [-0.05, 0) is 29.9 Å². The zero-order chi connectivity index (χ0) is 12.8. The van der Waals surface area contributed by atoms with Crippen molar-refractivity contribution in [2.45, 2.75) is 26.8 Å². The van der Waals surface area contributed by atoms with Crippen LogP contribution in [0, 0.1) is 11.3 Å². The van der Waals surface area contributed by atoms with Crippen molar-refractivity contribution in [3.05, 3.63) is 30.9 Å². The molecule has 2 aromatic rings. The van der Waals surface area contributed by atoms with Gasteiger partial charge in [0.15, 0.2) is 0 Å². The molecule has 4 nitrogen and oxygen atoms in total.